The van der Waals surface area contributed by atoms with Gasteiger partial charge in [-0.25, -0.2) is 13.6 Å². The number of amides is 1. The molecular weight excluding hydrogens is 324 g/mol. The summed E-state index contributed by atoms with van der Waals surface area (Å²) < 4.78 is 31.0. The number of hydrogen-bond donors (Lipinski definition) is 2. The fraction of sp³-hybridized carbons (Fsp3) is 0.438. The molecule has 0 aliphatic rings. The molecule has 1 amide bonds. The zero-order valence-corrected chi connectivity index (χ0v) is 13.3. The summed E-state index contributed by atoms with van der Waals surface area (Å²) in [4.78, 5) is 34.7. The summed E-state index contributed by atoms with van der Waals surface area (Å²) in [6.45, 7) is 3.28. The minimum Gasteiger partial charge on any atom is -0.480 e. The lowest BCUT2D eigenvalue weighted by molar-refractivity contribution is -0.149. The molecule has 0 bridgehead atoms. The van der Waals surface area contributed by atoms with Gasteiger partial charge in [-0.15, -0.1) is 0 Å². The van der Waals surface area contributed by atoms with E-state index in [1.54, 1.807) is 6.92 Å². The summed E-state index contributed by atoms with van der Waals surface area (Å²) >= 11 is 0. The third-order valence-corrected chi connectivity index (χ3v) is 3.20. The fourth-order valence-electron chi connectivity index (χ4n) is 2.10. The zero-order chi connectivity index (χ0) is 18.3. The van der Waals surface area contributed by atoms with Gasteiger partial charge in [-0.2, -0.15) is 0 Å². The Hall–Kier alpha value is -2.51. The Labute approximate surface area is 137 Å². The molecule has 2 atom stereocenters. The van der Waals surface area contributed by atoms with Crippen molar-refractivity contribution in [1.29, 1.82) is 0 Å². The number of carboxylic acids is 1. The first kappa shape index (κ1) is 19.5. The van der Waals surface area contributed by atoms with Crippen LogP contribution in [0.3, 0.4) is 0 Å². The molecule has 0 aromatic heterocycles. The highest BCUT2D eigenvalue weighted by molar-refractivity contribution is 5.85. The van der Waals surface area contributed by atoms with Crippen molar-refractivity contribution in [1.82, 2.24) is 5.32 Å². The number of halogens is 2. The van der Waals surface area contributed by atoms with Crippen LogP contribution in [0.4, 0.5) is 8.78 Å². The van der Waals surface area contributed by atoms with Crippen LogP contribution < -0.4 is 5.32 Å². The van der Waals surface area contributed by atoms with E-state index in [0.717, 1.165) is 12.1 Å². The predicted molar refractivity (Wildman–Crippen MR) is 80.0 cm³/mol. The quantitative estimate of drug-likeness (QED) is 0.701. The number of aliphatic carboxylic acids is 1. The molecule has 0 spiro atoms. The number of esters is 1. The molecule has 132 valence electrons. The van der Waals surface area contributed by atoms with Crippen LogP contribution in [-0.4, -0.2) is 35.6 Å². The van der Waals surface area contributed by atoms with Crippen molar-refractivity contribution >= 4 is 17.8 Å². The van der Waals surface area contributed by atoms with Crippen LogP contribution in [0.5, 0.6) is 0 Å². The SMILES string of the molecule is CCOC(=O)[C@H](C)C[C@H](NC(=O)Cc1cc(F)cc(F)c1)C(=O)O. The largest absolute Gasteiger partial charge is 0.480 e. The van der Waals surface area contributed by atoms with Gasteiger partial charge in [0.05, 0.1) is 18.9 Å². The maximum Gasteiger partial charge on any atom is 0.326 e. The monoisotopic (exact) mass is 343 g/mol. The van der Waals surface area contributed by atoms with Gasteiger partial charge in [-0.3, -0.25) is 9.59 Å². The van der Waals surface area contributed by atoms with Gasteiger partial charge in [-0.05, 0) is 31.0 Å². The van der Waals surface area contributed by atoms with Gasteiger partial charge in [0.15, 0.2) is 0 Å². The van der Waals surface area contributed by atoms with E-state index in [2.05, 4.69) is 5.32 Å². The lowest BCUT2D eigenvalue weighted by Crippen LogP contribution is -2.43. The predicted octanol–water partition coefficient (Wildman–Crippen LogP) is 1.67. The maximum absolute atomic E-state index is 13.1. The first-order valence-electron chi connectivity index (χ1n) is 7.36. The second-order valence-electron chi connectivity index (χ2n) is 5.30. The highest BCUT2D eigenvalue weighted by Gasteiger charge is 2.26. The molecule has 0 aliphatic carbocycles. The Bertz CT molecular complexity index is 600. The number of carbonyl (C=O) groups is 3. The van der Waals surface area contributed by atoms with E-state index in [9.17, 15) is 23.2 Å². The van der Waals surface area contributed by atoms with Gasteiger partial charge >= 0.3 is 11.9 Å². The standard InChI is InChI=1S/C16H19F2NO5/c1-3-24-16(23)9(2)4-13(15(21)22)19-14(20)7-10-5-11(17)8-12(18)6-10/h5-6,8-9,13H,3-4,7H2,1-2H3,(H,19,20)(H,21,22)/t9-,13+/m1/s1. The summed E-state index contributed by atoms with van der Waals surface area (Å²) in [5.74, 6) is -4.98. The van der Waals surface area contributed by atoms with Gasteiger partial charge in [0, 0.05) is 6.07 Å². The van der Waals surface area contributed by atoms with Crippen LogP contribution >= 0.6 is 0 Å². The molecule has 8 heteroatoms. The lowest BCUT2D eigenvalue weighted by Gasteiger charge is -2.18. The van der Waals surface area contributed by atoms with E-state index in [4.69, 9.17) is 9.84 Å². The van der Waals surface area contributed by atoms with E-state index in [1.165, 1.54) is 6.92 Å². The number of benzene rings is 1. The molecule has 0 unspecified atom stereocenters. The number of rotatable bonds is 8. The zero-order valence-electron chi connectivity index (χ0n) is 13.3. The Morgan fingerprint density at radius 2 is 1.79 bits per heavy atom. The topological polar surface area (TPSA) is 92.7 Å². The molecule has 0 heterocycles. The maximum atomic E-state index is 13.1. The summed E-state index contributed by atoms with van der Waals surface area (Å²) in [5, 5.41) is 11.4. The van der Waals surface area contributed by atoms with Crippen LogP contribution in [0.25, 0.3) is 0 Å². The Morgan fingerprint density at radius 1 is 1.21 bits per heavy atom. The van der Waals surface area contributed by atoms with Crippen LogP contribution in [-0.2, 0) is 25.5 Å². The molecule has 0 aliphatic heterocycles. The minimum absolute atomic E-state index is 0.0765. The van der Waals surface area contributed by atoms with Crippen LogP contribution in [0.15, 0.2) is 18.2 Å². The molecule has 1 aromatic rings. The average Bonchev–Trinajstić information content (AvgIpc) is 2.45. The number of nitrogens with one attached hydrogen (secondary N) is 1. The Kier molecular flexibility index (Phi) is 7.29. The van der Waals surface area contributed by atoms with E-state index >= 15 is 0 Å². The smallest absolute Gasteiger partial charge is 0.326 e. The number of ether oxygens (including phenoxy) is 1. The highest BCUT2D eigenvalue weighted by atomic mass is 19.1. The molecule has 2 N–H and O–H groups in total. The fourth-order valence-corrected chi connectivity index (χ4v) is 2.10. The third kappa shape index (κ3) is 6.31. The second kappa shape index (κ2) is 8.95. The van der Waals surface area contributed by atoms with Gasteiger partial charge in [0.25, 0.3) is 0 Å². The molecule has 0 radical (unpaired) electrons. The molecule has 0 saturated heterocycles. The van der Waals surface area contributed by atoms with Crippen molar-refractivity contribution in [3.05, 3.63) is 35.4 Å². The molecule has 0 saturated carbocycles. The molecule has 24 heavy (non-hydrogen) atoms. The number of carboxylic acid groups (broad SMARTS) is 1. The molecule has 0 fully saturated rings. The van der Waals surface area contributed by atoms with E-state index in [1.807, 2.05) is 0 Å². The number of carbonyl (C=O) groups excluding carboxylic acids is 2. The average molecular weight is 343 g/mol. The van der Waals surface area contributed by atoms with Gasteiger partial charge in [-0.1, -0.05) is 6.92 Å². The Balaban J connectivity index is 2.69. The Morgan fingerprint density at radius 3 is 2.29 bits per heavy atom. The number of hydrogen-bond acceptors (Lipinski definition) is 4. The van der Waals surface area contributed by atoms with Crippen molar-refractivity contribution in [2.75, 3.05) is 6.61 Å². The molecule has 1 aromatic carbocycles. The van der Waals surface area contributed by atoms with Gasteiger partial charge < -0.3 is 15.2 Å². The second-order valence-corrected chi connectivity index (χ2v) is 5.30. The van der Waals surface area contributed by atoms with Crippen LogP contribution in [0.2, 0.25) is 0 Å². The van der Waals surface area contributed by atoms with Gasteiger partial charge in [0.2, 0.25) is 5.91 Å². The van der Waals surface area contributed by atoms with E-state index in [-0.39, 0.29) is 25.0 Å². The van der Waals surface area contributed by atoms with Crippen molar-refractivity contribution in [2.24, 2.45) is 5.92 Å². The molecular formula is C16H19F2NO5. The highest BCUT2D eigenvalue weighted by Crippen LogP contribution is 2.11. The van der Waals surface area contributed by atoms with Crippen molar-refractivity contribution in [3.63, 3.8) is 0 Å². The summed E-state index contributed by atoms with van der Waals surface area (Å²) in [7, 11) is 0. The normalized spacial score (nSPS) is 13.0. The first-order chi connectivity index (χ1) is 11.2. The third-order valence-electron chi connectivity index (χ3n) is 3.20. The molecule has 6 nitrogen and oxygen atoms in total. The summed E-state index contributed by atoms with van der Waals surface area (Å²) in [5.41, 5.74) is 0.0765. The summed E-state index contributed by atoms with van der Waals surface area (Å²) in [6, 6.07) is 1.33. The summed E-state index contributed by atoms with van der Waals surface area (Å²) in [6.07, 6.45) is -0.538. The van der Waals surface area contributed by atoms with Crippen LogP contribution in [0.1, 0.15) is 25.8 Å². The van der Waals surface area contributed by atoms with Crippen molar-refractivity contribution < 1.29 is 33.0 Å². The van der Waals surface area contributed by atoms with Crippen molar-refractivity contribution in [2.45, 2.75) is 32.7 Å². The van der Waals surface area contributed by atoms with Crippen LogP contribution in [0, 0.1) is 17.6 Å². The first-order valence-corrected chi connectivity index (χ1v) is 7.36. The van der Waals surface area contributed by atoms with Gasteiger partial charge in [0.1, 0.15) is 17.7 Å². The van der Waals surface area contributed by atoms with E-state index in [0.29, 0.717) is 6.07 Å². The lowest BCUT2D eigenvalue weighted by atomic mass is 10.0. The van der Waals surface area contributed by atoms with E-state index < -0.39 is 41.4 Å². The minimum atomic E-state index is -1.31. The van der Waals surface area contributed by atoms with Crippen molar-refractivity contribution in [3.8, 4) is 0 Å². The molecule has 1 rings (SSSR count).